The molecule has 0 aliphatic carbocycles. The van der Waals surface area contributed by atoms with Gasteiger partial charge in [0.2, 0.25) is 0 Å². The minimum absolute atomic E-state index is 0.0439. The third-order valence-electron chi connectivity index (χ3n) is 2.62. The number of ether oxygens (including phenoxy) is 1. The molecule has 1 amide bonds. The number of hydrogen-bond donors (Lipinski definition) is 2. The number of rotatable bonds is 5. The van der Waals surface area contributed by atoms with Crippen molar-refractivity contribution < 1.29 is 14.6 Å². The van der Waals surface area contributed by atoms with E-state index in [-0.39, 0.29) is 12.5 Å². The van der Waals surface area contributed by atoms with E-state index in [1.54, 1.807) is 36.4 Å². The Labute approximate surface area is 117 Å². The summed E-state index contributed by atoms with van der Waals surface area (Å²) in [5.74, 6) is 0.892. The Morgan fingerprint density at radius 2 is 2.10 bits per heavy atom. The van der Waals surface area contributed by atoms with E-state index in [4.69, 9.17) is 9.84 Å². The van der Waals surface area contributed by atoms with E-state index in [2.05, 4.69) is 10.3 Å². The molecule has 0 saturated heterocycles. The first-order valence-electron chi connectivity index (χ1n) is 6.35. The number of carbonyl (C=O) groups excluding carboxylic acids is 1. The fourth-order valence-corrected chi connectivity index (χ4v) is 1.69. The minimum atomic E-state index is -0.234. The molecule has 2 aromatic rings. The maximum Gasteiger partial charge on any atom is 0.270 e. The number of aliphatic hydroxyl groups excluding tert-OH is 1. The van der Waals surface area contributed by atoms with Crippen molar-refractivity contribution in [3.8, 4) is 11.5 Å². The van der Waals surface area contributed by atoms with E-state index < -0.39 is 0 Å². The second-order valence-corrected chi connectivity index (χ2v) is 4.14. The summed E-state index contributed by atoms with van der Waals surface area (Å²) in [5, 5.41) is 11.8. The number of pyridine rings is 1. The maximum absolute atomic E-state index is 11.7. The molecular weight excluding hydrogens is 256 g/mol. The van der Waals surface area contributed by atoms with Crippen LogP contribution in [0.15, 0.2) is 42.6 Å². The summed E-state index contributed by atoms with van der Waals surface area (Å²) in [6, 6.07) is 10.4. The second-order valence-electron chi connectivity index (χ2n) is 4.14. The molecule has 104 valence electrons. The fraction of sp³-hybridized carbons (Fsp3) is 0.200. The van der Waals surface area contributed by atoms with Gasteiger partial charge in [-0.05, 0) is 30.7 Å². The molecule has 1 aromatic carbocycles. The first-order chi connectivity index (χ1) is 9.72. The molecule has 0 aliphatic heterocycles. The van der Waals surface area contributed by atoms with Gasteiger partial charge in [-0.1, -0.05) is 12.1 Å². The fourth-order valence-electron chi connectivity index (χ4n) is 1.69. The van der Waals surface area contributed by atoms with Gasteiger partial charge in [-0.2, -0.15) is 0 Å². The molecule has 1 aromatic heterocycles. The monoisotopic (exact) mass is 272 g/mol. The Morgan fingerprint density at radius 3 is 2.85 bits per heavy atom. The molecule has 0 aliphatic rings. The van der Waals surface area contributed by atoms with E-state index in [1.807, 2.05) is 6.92 Å². The summed E-state index contributed by atoms with van der Waals surface area (Å²) < 4.78 is 5.66. The number of nitrogens with zero attached hydrogens (tertiary/aromatic N) is 1. The summed E-state index contributed by atoms with van der Waals surface area (Å²) in [6.45, 7) is 2.35. The van der Waals surface area contributed by atoms with Crippen LogP contribution >= 0.6 is 0 Å². The third-order valence-corrected chi connectivity index (χ3v) is 2.62. The van der Waals surface area contributed by atoms with Crippen molar-refractivity contribution in [2.24, 2.45) is 0 Å². The zero-order valence-corrected chi connectivity index (χ0v) is 11.2. The Hall–Kier alpha value is -2.40. The highest BCUT2D eigenvalue weighted by molar-refractivity contribution is 5.92. The van der Waals surface area contributed by atoms with Crippen molar-refractivity contribution in [1.29, 1.82) is 0 Å². The average Bonchev–Trinajstić information content (AvgIpc) is 2.48. The zero-order chi connectivity index (χ0) is 14.4. The van der Waals surface area contributed by atoms with Crippen molar-refractivity contribution in [1.82, 2.24) is 10.3 Å². The Balaban J connectivity index is 2.16. The van der Waals surface area contributed by atoms with Crippen LogP contribution in [0.2, 0.25) is 0 Å². The SMILES string of the molecule is CCNC(=O)c1cc(Oc2cccc(CO)c2)ccn1. The van der Waals surface area contributed by atoms with Gasteiger partial charge in [0.1, 0.15) is 17.2 Å². The number of amides is 1. The number of hydrogen-bond acceptors (Lipinski definition) is 4. The van der Waals surface area contributed by atoms with Gasteiger partial charge in [-0.3, -0.25) is 9.78 Å². The average molecular weight is 272 g/mol. The van der Waals surface area contributed by atoms with Crippen LogP contribution in [-0.4, -0.2) is 22.5 Å². The molecule has 0 fully saturated rings. The van der Waals surface area contributed by atoms with Crippen LogP contribution in [0.4, 0.5) is 0 Å². The lowest BCUT2D eigenvalue weighted by Gasteiger charge is -2.08. The van der Waals surface area contributed by atoms with Gasteiger partial charge in [0, 0.05) is 18.8 Å². The zero-order valence-electron chi connectivity index (χ0n) is 11.2. The molecule has 0 radical (unpaired) electrons. The van der Waals surface area contributed by atoms with Crippen LogP contribution in [0.1, 0.15) is 23.0 Å². The lowest BCUT2D eigenvalue weighted by molar-refractivity contribution is 0.0950. The van der Waals surface area contributed by atoms with Gasteiger partial charge in [-0.25, -0.2) is 0 Å². The smallest absolute Gasteiger partial charge is 0.270 e. The van der Waals surface area contributed by atoms with Crippen molar-refractivity contribution in [2.45, 2.75) is 13.5 Å². The topological polar surface area (TPSA) is 71.5 Å². The predicted molar refractivity (Wildman–Crippen MR) is 74.7 cm³/mol. The van der Waals surface area contributed by atoms with Gasteiger partial charge in [0.25, 0.3) is 5.91 Å². The quantitative estimate of drug-likeness (QED) is 0.874. The van der Waals surface area contributed by atoms with Gasteiger partial charge < -0.3 is 15.2 Å². The molecule has 0 spiro atoms. The Kier molecular flexibility index (Phi) is 4.68. The van der Waals surface area contributed by atoms with Crippen molar-refractivity contribution in [3.63, 3.8) is 0 Å². The molecule has 0 unspecified atom stereocenters. The largest absolute Gasteiger partial charge is 0.457 e. The molecule has 2 N–H and O–H groups in total. The van der Waals surface area contributed by atoms with E-state index in [0.29, 0.717) is 23.7 Å². The first-order valence-corrected chi connectivity index (χ1v) is 6.35. The van der Waals surface area contributed by atoms with Crippen LogP contribution in [0.3, 0.4) is 0 Å². The molecule has 5 nitrogen and oxygen atoms in total. The molecule has 5 heteroatoms. The van der Waals surface area contributed by atoms with Crippen molar-refractivity contribution >= 4 is 5.91 Å². The molecule has 0 atom stereocenters. The van der Waals surface area contributed by atoms with Crippen LogP contribution < -0.4 is 10.1 Å². The summed E-state index contributed by atoms with van der Waals surface area (Å²) in [5.41, 5.74) is 1.07. The number of carbonyl (C=O) groups is 1. The van der Waals surface area contributed by atoms with Crippen LogP contribution in [-0.2, 0) is 6.61 Å². The summed E-state index contributed by atoms with van der Waals surface area (Å²) in [7, 11) is 0. The maximum atomic E-state index is 11.7. The number of benzene rings is 1. The van der Waals surface area contributed by atoms with Crippen LogP contribution in [0.5, 0.6) is 11.5 Å². The van der Waals surface area contributed by atoms with E-state index in [9.17, 15) is 4.79 Å². The van der Waals surface area contributed by atoms with Crippen molar-refractivity contribution in [2.75, 3.05) is 6.54 Å². The number of aromatic nitrogens is 1. The molecule has 2 rings (SSSR count). The normalized spacial score (nSPS) is 10.1. The molecule has 0 bridgehead atoms. The van der Waals surface area contributed by atoms with Gasteiger partial charge in [0.05, 0.1) is 6.61 Å². The molecular formula is C15H16N2O3. The molecule has 0 saturated carbocycles. The lowest BCUT2D eigenvalue weighted by Crippen LogP contribution is -2.23. The van der Waals surface area contributed by atoms with E-state index >= 15 is 0 Å². The standard InChI is InChI=1S/C15H16N2O3/c1-2-16-15(19)14-9-13(6-7-17-14)20-12-5-3-4-11(8-12)10-18/h3-9,18H,2,10H2,1H3,(H,16,19). The van der Waals surface area contributed by atoms with Crippen LogP contribution in [0.25, 0.3) is 0 Å². The third kappa shape index (κ3) is 3.55. The second kappa shape index (κ2) is 6.68. The van der Waals surface area contributed by atoms with Gasteiger partial charge >= 0.3 is 0 Å². The predicted octanol–water partition coefficient (Wildman–Crippen LogP) is 2.12. The van der Waals surface area contributed by atoms with E-state index in [0.717, 1.165) is 5.56 Å². The summed E-state index contributed by atoms with van der Waals surface area (Å²) in [4.78, 5) is 15.7. The molecule has 20 heavy (non-hydrogen) atoms. The Morgan fingerprint density at radius 1 is 1.30 bits per heavy atom. The van der Waals surface area contributed by atoms with Crippen LogP contribution in [0, 0.1) is 0 Å². The number of aliphatic hydroxyl groups is 1. The van der Waals surface area contributed by atoms with Crippen molar-refractivity contribution in [3.05, 3.63) is 53.9 Å². The van der Waals surface area contributed by atoms with Gasteiger partial charge in [-0.15, -0.1) is 0 Å². The first kappa shape index (κ1) is 14.0. The summed E-state index contributed by atoms with van der Waals surface area (Å²) >= 11 is 0. The molecule has 1 heterocycles. The highest BCUT2D eigenvalue weighted by Gasteiger charge is 2.07. The summed E-state index contributed by atoms with van der Waals surface area (Å²) in [6.07, 6.45) is 1.52. The van der Waals surface area contributed by atoms with Gasteiger partial charge in [0.15, 0.2) is 0 Å². The minimum Gasteiger partial charge on any atom is -0.457 e. The number of nitrogens with one attached hydrogen (secondary N) is 1. The van der Waals surface area contributed by atoms with E-state index in [1.165, 1.54) is 6.20 Å². The lowest BCUT2D eigenvalue weighted by atomic mass is 10.2. The highest BCUT2D eigenvalue weighted by Crippen LogP contribution is 2.22. The highest BCUT2D eigenvalue weighted by atomic mass is 16.5. The Bertz CT molecular complexity index is 599.